The Morgan fingerprint density at radius 1 is 0.969 bits per heavy atom. The summed E-state index contributed by atoms with van der Waals surface area (Å²) in [5.74, 6) is 3.33. The van der Waals surface area contributed by atoms with E-state index in [0.29, 0.717) is 59.8 Å². The first kappa shape index (κ1) is 21.5. The molecule has 1 unspecified atom stereocenters. The van der Waals surface area contributed by atoms with Gasteiger partial charge >= 0.3 is 0 Å². The second-order valence-corrected chi connectivity index (χ2v) is 7.38. The second-order valence-electron chi connectivity index (χ2n) is 7.38. The smallest absolute Gasteiger partial charge is 0.258 e. The Morgan fingerprint density at radius 2 is 1.72 bits per heavy atom. The van der Waals surface area contributed by atoms with Crippen molar-refractivity contribution >= 4 is 5.91 Å². The monoisotopic (exact) mass is 439 g/mol. The Morgan fingerprint density at radius 3 is 2.44 bits per heavy atom. The molecule has 32 heavy (non-hydrogen) atoms. The van der Waals surface area contributed by atoms with Gasteiger partial charge in [0.25, 0.3) is 5.89 Å². The van der Waals surface area contributed by atoms with Crippen LogP contribution in [0.4, 0.5) is 0 Å². The minimum Gasteiger partial charge on any atom is -0.497 e. The molecule has 1 fully saturated rings. The minimum absolute atomic E-state index is 0.0253. The highest BCUT2D eigenvalue weighted by Crippen LogP contribution is 2.34. The van der Waals surface area contributed by atoms with Gasteiger partial charge in [-0.15, -0.1) is 0 Å². The van der Waals surface area contributed by atoms with E-state index in [1.807, 2.05) is 24.3 Å². The number of nitrogens with zero attached hydrogens (tertiary/aromatic N) is 3. The highest BCUT2D eigenvalue weighted by Gasteiger charge is 2.34. The van der Waals surface area contributed by atoms with Crippen LogP contribution in [0, 0.1) is 0 Å². The van der Waals surface area contributed by atoms with Crippen LogP contribution in [0.15, 0.2) is 40.9 Å². The van der Waals surface area contributed by atoms with Gasteiger partial charge in [-0.25, -0.2) is 0 Å². The number of hydrogen-bond acceptors (Lipinski definition) is 8. The first-order valence-corrected chi connectivity index (χ1v) is 10.1. The molecule has 168 valence electrons. The van der Waals surface area contributed by atoms with E-state index < -0.39 is 0 Å². The Kier molecular flexibility index (Phi) is 6.16. The summed E-state index contributed by atoms with van der Waals surface area (Å²) in [6.45, 7) is 0.903. The SMILES string of the molecule is COc1ccc(OC)c(CN2CC(c3noc(-c4ccc(OC)c(OC)c4)n3)CC2=O)c1. The number of benzene rings is 2. The Hall–Kier alpha value is -3.75. The number of methoxy groups -OCH3 is 4. The molecular weight excluding hydrogens is 414 g/mol. The molecule has 1 atom stereocenters. The van der Waals surface area contributed by atoms with Crippen molar-refractivity contribution in [1.29, 1.82) is 0 Å². The van der Waals surface area contributed by atoms with Gasteiger partial charge in [0.1, 0.15) is 11.5 Å². The van der Waals surface area contributed by atoms with Crippen molar-refractivity contribution in [3.8, 4) is 34.5 Å². The van der Waals surface area contributed by atoms with Gasteiger partial charge < -0.3 is 28.4 Å². The van der Waals surface area contributed by atoms with Crippen molar-refractivity contribution < 1.29 is 28.3 Å². The zero-order chi connectivity index (χ0) is 22.7. The average Bonchev–Trinajstić information content (AvgIpc) is 3.45. The number of hydrogen-bond donors (Lipinski definition) is 0. The molecule has 1 aliphatic heterocycles. The maximum absolute atomic E-state index is 12.7. The fourth-order valence-corrected chi connectivity index (χ4v) is 3.80. The van der Waals surface area contributed by atoms with Crippen LogP contribution < -0.4 is 18.9 Å². The van der Waals surface area contributed by atoms with Crippen LogP contribution in [0.2, 0.25) is 0 Å². The van der Waals surface area contributed by atoms with Crippen LogP contribution in [-0.2, 0) is 11.3 Å². The van der Waals surface area contributed by atoms with Gasteiger partial charge in [-0.2, -0.15) is 4.98 Å². The number of rotatable bonds is 8. The molecule has 0 N–H and O–H groups in total. The number of ether oxygens (including phenoxy) is 4. The Balaban J connectivity index is 1.50. The zero-order valence-corrected chi connectivity index (χ0v) is 18.5. The summed E-state index contributed by atoms with van der Waals surface area (Å²) in [5.41, 5.74) is 1.59. The van der Waals surface area contributed by atoms with Crippen molar-refractivity contribution in [3.05, 3.63) is 47.8 Å². The predicted octanol–water partition coefficient (Wildman–Crippen LogP) is 3.29. The van der Waals surface area contributed by atoms with Gasteiger partial charge in [-0.3, -0.25) is 4.79 Å². The first-order chi connectivity index (χ1) is 15.6. The van der Waals surface area contributed by atoms with E-state index in [1.54, 1.807) is 45.5 Å². The molecule has 2 aromatic carbocycles. The van der Waals surface area contributed by atoms with E-state index in [9.17, 15) is 4.79 Å². The second kappa shape index (κ2) is 9.17. The van der Waals surface area contributed by atoms with Crippen molar-refractivity contribution in [2.24, 2.45) is 0 Å². The fourth-order valence-electron chi connectivity index (χ4n) is 3.80. The lowest BCUT2D eigenvalue weighted by Crippen LogP contribution is -2.24. The van der Waals surface area contributed by atoms with Gasteiger partial charge in [0.05, 0.1) is 28.4 Å². The van der Waals surface area contributed by atoms with E-state index in [2.05, 4.69) is 10.1 Å². The normalized spacial score (nSPS) is 15.7. The van der Waals surface area contributed by atoms with Crippen LogP contribution in [0.5, 0.6) is 23.0 Å². The Bertz CT molecular complexity index is 1110. The lowest BCUT2D eigenvalue weighted by Gasteiger charge is -2.18. The molecule has 0 bridgehead atoms. The number of carbonyl (C=O) groups is 1. The molecule has 9 nitrogen and oxygen atoms in total. The van der Waals surface area contributed by atoms with E-state index in [4.69, 9.17) is 23.5 Å². The Labute approximate surface area is 185 Å². The quantitative estimate of drug-likeness (QED) is 0.528. The van der Waals surface area contributed by atoms with Crippen molar-refractivity contribution in [1.82, 2.24) is 15.0 Å². The molecule has 0 spiro atoms. The van der Waals surface area contributed by atoms with E-state index in [0.717, 1.165) is 5.56 Å². The molecule has 0 radical (unpaired) electrons. The molecule has 0 aliphatic carbocycles. The van der Waals surface area contributed by atoms with Gasteiger partial charge in [-0.05, 0) is 36.4 Å². The topological polar surface area (TPSA) is 96.2 Å². The van der Waals surface area contributed by atoms with Crippen LogP contribution in [0.1, 0.15) is 23.7 Å². The summed E-state index contributed by atoms with van der Waals surface area (Å²) in [7, 11) is 6.35. The summed E-state index contributed by atoms with van der Waals surface area (Å²) in [6, 6.07) is 10.9. The van der Waals surface area contributed by atoms with Crippen LogP contribution in [0.25, 0.3) is 11.5 Å². The highest BCUT2D eigenvalue weighted by molar-refractivity contribution is 5.79. The van der Waals surface area contributed by atoms with E-state index >= 15 is 0 Å². The standard InChI is InChI=1S/C23H25N3O6/c1-28-17-6-8-18(29-2)15(9-17)12-26-13-16(11-21(26)27)22-24-23(32-25-22)14-5-7-19(30-3)20(10-14)31-4/h5-10,16H,11-13H2,1-4H3. The van der Waals surface area contributed by atoms with Gasteiger partial charge in [0.2, 0.25) is 5.91 Å². The number of carbonyl (C=O) groups excluding carboxylic acids is 1. The largest absolute Gasteiger partial charge is 0.497 e. The van der Waals surface area contributed by atoms with Crippen molar-refractivity contribution in [2.45, 2.75) is 18.9 Å². The van der Waals surface area contributed by atoms with Gasteiger partial charge in [0, 0.05) is 36.6 Å². The lowest BCUT2D eigenvalue weighted by atomic mass is 10.1. The van der Waals surface area contributed by atoms with Gasteiger partial charge in [-0.1, -0.05) is 5.16 Å². The van der Waals surface area contributed by atoms with Crippen molar-refractivity contribution in [2.75, 3.05) is 35.0 Å². The average molecular weight is 439 g/mol. The van der Waals surface area contributed by atoms with E-state index in [1.165, 1.54) is 0 Å². The summed E-state index contributed by atoms with van der Waals surface area (Å²) >= 11 is 0. The molecule has 1 saturated heterocycles. The molecule has 1 amide bonds. The summed E-state index contributed by atoms with van der Waals surface area (Å²) < 4.78 is 26.8. The summed E-state index contributed by atoms with van der Waals surface area (Å²) in [5, 5.41) is 4.13. The number of amides is 1. The van der Waals surface area contributed by atoms with Crippen LogP contribution in [0.3, 0.4) is 0 Å². The molecule has 9 heteroatoms. The number of likely N-dealkylation sites (tertiary alicyclic amines) is 1. The molecule has 3 aromatic rings. The maximum atomic E-state index is 12.7. The van der Waals surface area contributed by atoms with Crippen LogP contribution >= 0.6 is 0 Å². The molecule has 1 aromatic heterocycles. The van der Waals surface area contributed by atoms with Crippen LogP contribution in [-0.4, -0.2) is 55.9 Å². The molecule has 0 saturated carbocycles. The maximum Gasteiger partial charge on any atom is 0.258 e. The lowest BCUT2D eigenvalue weighted by molar-refractivity contribution is -0.128. The third-order valence-electron chi connectivity index (χ3n) is 5.50. The molecular formula is C23H25N3O6. The van der Waals surface area contributed by atoms with E-state index in [-0.39, 0.29) is 11.8 Å². The van der Waals surface area contributed by atoms with Crippen molar-refractivity contribution in [3.63, 3.8) is 0 Å². The third-order valence-corrected chi connectivity index (χ3v) is 5.50. The number of aromatic nitrogens is 2. The molecule has 4 rings (SSSR count). The van der Waals surface area contributed by atoms with Gasteiger partial charge in [0.15, 0.2) is 17.3 Å². The fraction of sp³-hybridized carbons (Fsp3) is 0.348. The summed E-state index contributed by atoms with van der Waals surface area (Å²) in [4.78, 5) is 19.0. The molecule has 1 aliphatic rings. The zero-order valence-electron chi connectivity index (χ0n) is 18.5. The molecule has 2 heterocycles. The summed E-state index contributed by atoms with van der Waals surface area (Å²) in [6.07, 6.45) is 0.317. The highest BCUT2D eigenvalue weighted by atomic mass is 16.5. The first-order valence-electron chi connectivity index (χ1n) is 10.1. The minimum atomic E-state index is -0.156. The third kappa shape index (κ3) is 4.18. The predicted molar refractivity (Wildman–Crippen MR) is 115 cm³/mol.